The summed E-state index contributed by atoms with van der Waals surface area (Å²) in [5.41, 5.74) is 0.574. The topological polar surface area (TPSA) is 12.0 Å². The summed E-state index contributed by atoms with van der Waals surface area (Å²) in [6.07, 6.45) is 6.94. The molecule has 0 aliphatic carbocycles. The third-order valence-corrected chi connectivity index (χ3v) is 2.81. The minimum atomic E-state index is 0.129. The van der Waals surface area contributed by atoms with Crippen LogP contribution in [0.3, 0.4) is 0 Å². The molecule has 0 aromatic carbocycles. The van der Waals surface area contributed by atoms with Crippen molar-refractivity contribution in [3.8, 4) is 0 Å². The number of allylic oxidation sites excluding steroid dienone is 1. The van der Waals surface area contributed by atoms with Gasteiger partial charge in [-0.1, -0.05) is 39.3 Å². The van der Waals surface area contributed by atoms with E-state index >= 15 is 0 Å². The second-order valence-electron chi connectivity index (χ2n) is 5.10. The Morgan fingerprint density at radius 2 is 1.69 bits per heavy atom. The normalized spacial score (nSPS) is 14.0. The van der Waals surface area contributed by atoms with E-state index in [1.165, 1.54) is 6.42 Å². The first kappa shape index (κ1) is 12.7. The molecular weight excluding hydrogens is 158 g/mol. The lowest BCUT2D eigenvalue weighted by atomic mass is 9.86. The van der Waals surface area contributed by atoms with Gasteiger partial charge in [-0.25, -0.2) is 0 Å². The lowest BCUT2D eigenvalue weighted by Crippen LogP contribution is -2.33. The van der Waals surface area contributed by atoms with Gasteiger partial charge in [-0.05, 0) is 32.7 Å². The minimum Gasteiger partial charge on any atom is -0.311 e. The molecule has 78 valence electrons. The zero-order valence-electron chi connectivity index (χ0n) is 10.1. The number of rotatable bonds is 5. The predicted octanol–water partition coefficient (Wildman–Crippen LogP) is 3.37. The molecule has 0 atom stereocenters. The highest BCUT2D eigenvalue weighted by atomic mass is 14.9. The molecule has 0 aliphatic heterocycles. The van der Waals surface area contributed by atoms with E-state index in [9.17, 15) is 0 Å². The highest BCUT2D eigenvalue weighted by Crippen LogP contribution is 2.25. The van der Waals surface area contributed by atoms with Gasteiger partial charge in [0.15, 0.2) is 0 Å². The van der Waals surface area contributed by atoms with E-state index in [0.717, 1.165) is 6.42 Å². The Morgan fingerprint density at radius 1 is 1.15 bits per heavy atom. The third-order valence-electron chi connectivity index (χ3n) is 2.81. The van der Waals surface area contributed by atoms with Crippen molar-refractivity contribution in [2.45, 2.75) is 53.0 Å². The van der Waals surface area contributed by atoms with E-state index in [0.29, 0.717) is 5.41 Å². The first-order valence-corrected chi connectivity index (χ1v) is 5.19. The quantitative estimate of drug-likeness (QED) is 0.644. The Kier molecular flexibility index (Phi) is 4.69. The maximum absolute atomic E-state index is 3.26. The minimum absolute atomic E-state index is 0.129. The summed E-state index contributed by atoms with van der Waals surface area (Å²) in [5, 5.41) is 3.26. The van der Waals surface area contributed by atoms with Crippen LogP contribution in [0.5, 0.6) is 0 Å². The molecule has 0 aromatic heterocycles. The second-order valence-corrected chi connectivity index (χ2v) is 5.10. The zero-order chi connectivity index (χ0) is 10.5. The number of hydrogen-bond donors (Lipinski definition) is 1. The fraction of sp³-hybridized carbons (Fsp3) is 0.833. The Hall–Kier alpha value is -0.300. The molecule has 13 heavy (non-hydrogen) atoms. The van der Waals surface area contributed by atoms with Gasteiger partial charge in [0, 0.05) is 5.54 Å². The highest BCUT2D eigenvalue weighted by Gasteiger charge is 2.14. The van der Waals surface area contributed by atoms with Crippen LogP contribution >= 0.6 is 0 Å². The molecule has 0 aromatic rings. The molecule has 0 radical (unpaired) electrons. The van der Waals surface area contributed by atoms with Gasteiger partial charge in [-0.15, -0.1) is 0 Å². The molecular formula is C12H25N. The van der Waals surface area contributed by atoms with Crippen molar-refractivity contribution >= 4 is 0 Å². The van der Waals surface area contributed by atoms with E-state index in [2.05, 4.69) is 52.1 Å². The molecule has 0 saturated carbocycles. The average molecular weight is 183 g/mol. The molecule has 0 bridgehead atoms. The fourth-order valence-electron chi connectivity index (χ4n) is 0.900. The molecule has 0 unspecified atom stereocenters. The van der Waals surface area contributed by atoms with Crippen LogP contribution in [-0.4, -0.2) is 12.6 Å². The van der Waals surface area contributed by atoms with Crippen LogP contribution in [0.4, 0.5) is 0 Å². The maximum atomic E-state index is 3.26. The van der Waals surface area contributed by atoms with Gasteiger partial charge in [-0.3, -0.25) is 0 Å². The predicted molar refractivity (Wildman–Crippen MR) is 61.0 cm³/mol. The van der Waals surface area contributed by atoms with Crippen LogP contribution in [0.15, 0.2) is 12.2 Å². The van der Waals surface area contributed by atoms with Crippen molar-refractivity contribution in [1.82, 2.24) is 5.32 Å². The molecule has 0 fully saturated rings. The molecule has 1 nitrogen and oxygen atoms in total. The van der Waals surface area contributed by atoms with Crippen LogP contribution in [-0.2, 0) is 0 Å². The Balaban J connectivity index is 4.01. The van der Waals surface area contributed by atoms with Crippen LogP contribution < -0.4 is 5.32 Å². The molecule has 0 saturated heterocycles. The molecule has 1 heteroatoms. The van der Waals surface area contributed by atoms with Gasteiger partial charge >= 0.3 is 0 Å². The van der Waals surface area contributed by atoms with E-state index in [1.807, 2.05) is 7.05 Å². The van der Waals surface area contributed by atoms with Gasteiger partial charge in [0.05, 0.1) is 0 Å². The van der Waals surface area contributed by atoms with E-state index in [4.69, 9.17) is 0 Å². The van der Waals surface area contributed by atoms with Crippen molar-refractivity contribution in [3.05, 3.63) is 12.2 Å². The molecule has 0 heterocycles. The van der Waals surface area contributed by atoms with E-state index in [1.54, 1.807) is 0 Å². The molecule has 1 N–H and O–H groups in total. The fourth-order valence-corrected chi connectivity index (χ4v) is 0.900. The Labute approximate surface area is 83.6 Å². The van der Waals surface area contributed by atoms with Gasteiger partial charge in [0.2, 0.25) is 0 Å². The highest BCUT2D eigenvalue weighted by molar-refractivity contribution is 5.01. The monoisotopic (exact) mass is 183 g/mol. The maximum Gasteiger partial charge on any atom is 0.0304 e. The number of hydrogen-bond acceptors (Lipinski definition) is 1. The number of likely N-dealkylation sites (N-methyl/N-ethyl adjacent to an activating group) is 1. The van der Waals surface area contributed by atoms with Crippen LogP contribution in [0.1, 0.15) is 47.5 Å². The largest absolute Gasteiger partial charge is 0.311 e. The summed E-state index contributed by atoms with van der Waals surface area (Å²) >= 11 is 0. The Bertz CT molecular complexity index is 166. The van der Waals surface area contributed by atoms with E-state index in [-0.39, 0.29) is 5.54 Å². The molecule has 0 amide bonds. The summed E-state index contributed by atoms with van der Waals surface area (Å²) < 4.78 is 0. The third kappa shape index (κ3) is 5.87. The van der Waals surface area contributed by atoms with Crippen molar-refractivity contribution in [1.29, 1.82) is 0 Å². The molecule has 0 aliphatic rings. The smallest absolute Gasteiger partial charge is 0.0304 e. The summed E-state index contributed by atoms with van der Waals surface area (Å²) in [4.78, 5) is 0. The lowest BCUT2D eigenvalue weighted by Gasteiger charge is -2.22. The standard InChI is InChI=1S/C12H25N/c1-7-11(2,3)9-8-10-12(4,5)13-6/h8,10,13H,7,9H2,1-6H3. The average Bonchev–Trinajstić information content (AvgIpc) is 2.04. The van der Waals surface area contributed by atoms with Crippen LogP contribution in [0.2, 0.25) is 0 Å². The van der Waals surface area contributed by atoms with Gasteiger partial charge in [0.1, 0.15) is 0 Å². The lowest BCUT2D eigenvalue weighted by molar-refractivity contribution is 0.355. The van der Waals surface area contributed by atoms with Crippen molar-refractivity contribution in [2.24, 2.45) is 5.41 Å². The summed E-state index contributed by atoms with van der Waals surface area (Å²) in [6, 6.07) is 0. The first-order chi connectivity index (χ1) is 5.83. The van der Waals surface area contributed by atoms with Crippen LogP contribution in [0.25, 0.3) is 0 Å². The number of nitrogens with one attached hydrogen (secondary N) is 1. The first-order valence-electron chi connectivity index (χ1n) is 5.19. The molecule has 0 spiro atoms. The summed E-state index contributed by atoms with van der Waals surface area (Å²) in [6.45, 7) is 11.2. The summed E-state index contributed by atoms with van der Waals surface area (Å²) in [7, 11) is 2.00. The van der Waals surface area contributed by atoms with Gasteiger partial charge < -0.3 is 5.32 Å². The van der Waals surface area contributed by atoms with Crippen molar-refractivity contribution < 1.29 is 0 Å². The van der Waals surface area contributed by atoms with Crippen molar-refractivity contribution in [2.75, 3.05) is 7.05 Å². The molecule has 0 rings (SSSR count). The van der Waals surface area contributed by atoms with Crippen molar-refractivity contribution in [3.63, 3.8) is 0 Å². The summed E-state index contributed by atoms with van der Waals surface area (Å²) in [5.74, 6) is 0. The van der Waals surface area contributed by atoms with Gasteiger partial charge in [0.25, 0.3) is 0 Å². The van der Waals surface area contributed by atoms with Crippen LogP contribution in [0, 0.1) is 5.41 Å². The zero-order valence-corrected chi connectivity index (χ0v) is 10.1. The second kappa shape index (κ2) is 4.80. The SMILES string of the molecule is CCC(C)(C)CC=CC(C)(C)NC. The van der Waals surface area contributed by atoms with E-state index < -0.39 is 0 Å². The van der Waals surface area contributed by atoms with Gasteiger partial charge in [-0.2, -0.15) is 0 Å². The Morgan fingerprint density at radius 3 is 2.08 bits per heavy atom.